The smallest absolute Gasteiger partial charge is 0.337 e. The molecule has 0 radical (unpaired) electrons. The fourth-order valence-electron chi connectivity index (χ4n) is 4.00. The lowest BCUT2D eigenvalue weighted by Gasteiger charge is -2.28. The summed E-state index contributed by atoms with van der Waals surface area (Å²) in [5, 5.41) is 19.9. The third-order valence-corrected chi connectivity index (χ3v) is 6.45. The number of nitrogens with zero attached hydrogens (tertiary/aromatic N) is 1. The molecule has 0 aliphatic carbocycles. The van der Waals surface area contributed by atoms with Gasteiger partial charge in [-0.2, -0.15) is 5.10 Å². The molecule has 222 valence electrons. The van der Waals surface area contributed by atoms with E-state index in [1.54, 1.807) is 37.3 Å². The van der Waals surface area contributed by atoms with E-state index in [4.69, 9.17) is 23.7 Å². The molecule has 0 aromatic heterocycles. The predicted octanol–water partition coefficient (Wildman–Crippen LogP) is 3.77. The minimum atomic E-state index is -1.14. The number of aliphatic hydroxyl groups is 1. The molecule has 1 heterocycles. The molecule has 2 atom stereocenters. The summed E-state index contributed by atoms with van der Waals surface area (Å²) < 4.78 is 28.5. The van der Waals surface area contributed by atoms with Crippen LogP contribution in [0.3, 0.4) is 0 Å². The first-order valence-electron chi connectivity index (χ1n) is 13.0. The largest absolute Gasteiger partial charge is 0.490 e. The summed E-state index contributed by atoms with van der Waals surface area (Å²) in [6.45, 7) is 8.39. The van der Waals surface area contributed by atoms with Crippen LogP contribution in [0.15, 0.2) is 51.2 Å². The summed E-state index contributed by atoms with van der Waals surface area (Å²) >= 11 is 3.50. The molecule has 4 N–H and O–H groups in total. The number of esters is 1. The van der Waals surface area contributed by atoms with Gasteiger partial charge in [-0.15, -0.1) is 0 Å². The number of urea groups is 1. The molecule has 2 aromatic carbocycles. The average molecular weight is 636 g/mol. The van der Waals surface area contributed by atoms with Crippen LogP contribution in [0.2, 0.25) is 0 Å². The molecule has 0 saturated heterocycles. The molecule has 2 aromatic rings. The molecule has 0 spiro atoms. The fraction of sp³-hybridized carbons (Fsp3) is 0.393. The van der Waals surface area contributed by atoms with Crippen LogP contribution in [-0.2, 0) is 9.53 Å². The van der Waals surface area contributed by atoms with Gasteiger partial charge in [0.1, 0.15) is 6.61 Å². The van der Waals surface area contributed by atoms with E-state index in [0.29, 0.717) is 59.6 Å². The Hall–Kier alpha value is -3.97. The van der Waals surface area contributed by atoms with E-state index >= 15 is 0 Å². The van der Waals surface area contributed by atoms with Gasteiger partial charge in [-0.1, -0.05) is 6.07 Å². The molecule has 41 heavy (non-hydrogen) atoms. The summed E-state index contributed by atoms with van der Waals surface area (Å²) in [7, 11) is 1.27. The molecule has 13 heteroatoms. The number of aliphatic hydroxyl groups excluding tert-OH is 1. The number of carbonyl (C=O) groups is 2. The molecule has 0 unspecified atom stereocenters. The minimum absolute atomic E-state index is 0.151. The molecule has 1 aliphatic rings. The van der Waals surface area contributed by atoms with E-state index in [9.17, 15) is 14.7 Å². The summed E-state index contributed by atoms with van der Waals surface area (Å²) in [6.07, 6.45) is 0.390. The number of methoxy groups -OCH3 is 1. The fourth-order valence-corrected chi connectivity index (χ4v) is 4.43. The summed E-state index contributed by atoms with van der Waals surface area (Å²) in [4.78, 5) is 24.5. The second kappa shape index (κ2) is 15.1. The van der Waals surface area contributed by atoms with Gasteiger partial charge in [-0.25, -0.2) is 9.59 Å². The van der Waals surface area contributed by atoms with Crippen LogP contribution in [0.25, 0.3) is 0 Å². The van der Waals surface area contributed by atoms with Gasteiger partial charge in [-0.05, 0) is 73.5 Å². The Balaban J connectivity index is 1.70. The number of hydrazone groups is 1. The maximum Gasteiger partial charge on any atom is 0.337 e. The zero-order valence-electron chi connectivity index (χ0n) is 23.6. The topological polar surface area (TPSA) is 149 Å². The SMILES string of the molecule is CCOc1cc(Br)c(/C=N\N[C@@H](O)COc2ccc([C@@H]3NC(=O)NC(C)=C3C(=O)OC)cc2OCC)cc1OCC. The maximum absolute atomic E-state index is 12.4. The van der Waals surface area contributed by atoms with Crippen LogP contribution >= 0.6 is 15.9 Å². The van der Waals surface area contributed by atoms with E-state index in [2.05, 4.69) is 37.1 Å². The first-order chi connectivity index (χ1) is 19.7. The number of allylic oxidation sites excluding steroid dienone is 1. The van der Waals surface area contributed by atoms with Gasteiger partial charge in [0.15, 0.2) is 29.2 Å². The quantitative estimate of drug-likeness (QED) is 0.105. The number of carbonyl (C=O) groups excluding carboxylic acids is 2. The minimum Gasteiger partial charge on any atom is -0.490 e. The Labute approximate surface area is 247 Å². The van der Waals surface area contributed by atoms with Crippen molar-refractivity contribution in [1.82, 2.24) is 16.1 Å². The van der Waals surface area contributed by atoms with Crippen LogP contribution < -0.4 is 35.0 Å². The third kappa shape index (κ3) is 8.27. The summed E-state index contributed by atoms with van der Waals surface area (Å²) in [5.41, 5.74) is 4.59. The number of hydrogen-bond acceptors (Lipinski definition) is 10. The first-order valence-corrected chi connectivity index (χ1v) is 13.8. The lowest BCUT2D eigenvalue weighted by molar-refractivity contribution is -0.136. The Kier molecular flexibility index (Phi) is 11.7. The molecule has 1 aliphatic heterocycles. The highest BCUT2D eigenvalue weighted by Crippen LogP contribution is 2.35. The van der Waals surface area contributed by atoms with E-state index in [1.165, 1.54) is 13.3 Å². The van der Waals surface area contributed by atoms with E-state index in [-0.39, 0.29) is 12.2 Å². The molecule has 0 fully saturated rings. The number of amides is 2. The molecule has 0 saturated carbocycles. The Bertz CT molecular complexity index is 1300. The van der Waals surface area contributed by atoms with Gasteiger partial charge in [0, 0.05) is 15.7 Å². The molecule has 3 rings (SSSR count). The highest BCUT2D eigenvalue weighted by Gasteiger charge is 2.32. The molecular formula is C28H35BrN4O8. The molecule has 12 nitrogen and oxygen atoms in total. The number of nitrogens with one attached hydrogen (secondary N) is 3. The summed E-state index contributed by atoms with van der Waals surface area (Å²) in [5.74, 6) is 1.36. The van der Waals surface area contributed by atoms with Gasteiger partial charge in [0.25, 0.3) is 0 Å². The van der Waals surface area contributed by atoms with Crippen LogP contribution in [0.4, 0.5) is 4.79 Å². The molecule has 0 bridgehead atoms. The number of hydrogen-bond donors (Lipinski definition) is 4. The maximum atomic E-state index is 12.4. The van der Waals surface area contributed by atoms with E-state index in [0.717, 1.165) is 4.47 Å². The second-order valence-electron chi connectivity index (χ2n) is 8.60. The zero-order chi connectivity index (χ0) is 29.9. The predicted molar refractivity (Wildman–Crippen MR) is 155 cm³/mol. The highest BCUT2D eigenvalue weighted by molar-refractivity contribution is 9.10. The monoisotopic (exact) mass is 634 g/mol. The Morgan fingerprint density at radius 1 is 1.05 bits per heavy atom. The van der Waals surface area contributed by atoms with Crippen molar-refractivity contribution in [2.24, 2.45) is 5.10 Å². The van der Waals surface area contributed by atoms with Crippen LogP contribution in [0, 0.1) is 0 Å². The standard InChI is InChI=1S/C28H35BrN4O8/c1-6-38-21-11-17(26-25(27(35)37-5)16(4)31-28(36)32-26)9-10-20(21)41-15-24(34)33-30-14-18-12-22(39-7-2)23(40-8-3)13-19(18)29/h9-14,24,26,33-34H,6-8,15H2,1-5H3,(H2,31,32,36)/b30-14-/t24-,26-/m0/s1. The van der Waals surface area contributed by atoms with Crippen molar-refractivity contribution in [1.29, 1.82) is 0 Å². The summed E-state index contributed by atoms with van der Waals surface area (Å²) in [6, 6.07) is 7.39. The van der Waals surface area contributed by atoms with Crippen LogP contribution in [0.1, 0.15) is 44.9 Å². The van der Waals surface area contributed by atoms with Crippen molar-refractivity contribution in [2.45, 2.75) is 40.0 Å². The van der Waals surface area contributed by atoms with Crippen molar-refractivity contribution in [3.8, 4) is 23.0 Å². The number of rotatable bonds is 14. The van der Waals surface area contributed by atoms with Gasteiger partial charge in [0.2, 0.25) is 0 Å². The van der Waals surface area contributed by atoms with Gasteiger partial charge in [0.05, 0.1) is 44.8 Å². The first kappa shape index (κ1) is 31.6. The van der Waals surface area contributed by atoms with Gasteiger partial charge >= 0.3 is 12.0 Å². The normalized spacial score (nSPS) is 15.6. The lowest BCUT2D eigenvalue weighted by Crippen LogP contribution is -2.45. The van der Waals surface area contributed by atoms with Gasteiger partial charge in [-0.3, -0.25) is 5.43 Å². The van der Waals surface area contributed by atoms with Crippen molar-refractivity contribution in [3.05, 3.63) is 57.2 Å². The third-order valence-electron chi connectivity index (χ3n) is 5.76. The van der Waals surface area contributed by atoms with E-state index in [1.807, 2.05) is 20.8 Å². The van der Waals surface area contributed by atoms with Crippen molar-refractivity contribution in [3.63, 3.8) is 0 Å². The molecular weight excluding hydrogens is 600 g/mol. The average Bonchev–Trinajstić information content (AvgIpc) is 2.94. The van der Waals surface area contributed by atoms with Gasteiger partial charge < -0.3 is 39.4 Å². The van der Waals surface area contributed by atoms with Crippen molar-refractivity contribution < 1.29 is 38.4 Å². The number of halogens is 1. The lowest BCUT2D eigenvalue weighted by atomic mass is 9.95. The number of ether oxygens (including phenoxy) is 5. The Morgan fingerprint density at radius 3 is 2.32 bits per heavy atom. The van der Waals surface area contributed by atoms with Crippen LogP contribution in [-0.4, -0.2) is 63.1 Å². The second-order valence-corrected chi connectivity index (χ2v) is 9.46. The Morgan fingerprint density at radius 2 is 1.68 bits per heavy atom. The number of benzene rings is 2. The van der Waals surface area contributed by atoms with E-state index < -0.39 is 24.3 Å². The van der Waals surface area contributed by atoms with Crippen molar-refractivity contribution >= 4 is 34.1 Å². The molecule has 2 amide bonds. The zero-order valence-corrected chi connectivity index (χ0v) is 25.2. The highest BCUT2D eigenvalue weighted by atomic mass is 79.9. The van der Waals surface area contributed by atoms with Crippen LogP contribution in [0.5, 0.6) is 23.0 Å². The van der Waals surface area contributed by atoms with Crippen molar-refractivity contribution in [2.75, 3.05) is 33.5 Å².